The molecule has 0 unspecified atom stereocenters. The van der Waals surface area contributed by atoms with Crippen molar-refractivity contribution in [2.75, 3.05) is 37.6 Å². The van der Waals surface area contributed by atoms with Gasteiger partial charge in [0.05, 0.1) is 0 Å². The van der Waals surface area contributed by atoms with Crippen molar-refractivity contribution in [3.63, 3.8) is 0 Å². The lowest BCUT2D eigenvalue weighted by molar-refractivity contribution is -0.141. The van der Waals surface area contributed by atoms with Gasteiger partial charge in [-0.25, -0.2) is 0 Å². The van der Waals surface area contributed by atoms with Crippen molar-refractivity contribution in [1.82, 2.24) is 20.4 Å². The van der Waals surface area contributed by atoms with Gasteiger partial charge in [-0.15, -0.1) is 10.2 Å². The molecule has 2 heterocycles. The maximum Gasteiger partial charge on any atom is 0.271 e. The zero-order chi connectivity index (χ0) is 26.1. The summed E-state index contributed by atoms with van der Waals surface area (Å²) < 4.78 is 0. The molecule has 1 saturated carbocycles. The van der Waals surface area contributed by atoms with E-state index in [-0.39, 0.29) is 17.2 Å². The smallest absolute Gasteiger partial charge is 0.271 e. The molecule has 0 spiro atoms. The lowest BCUT2D eigenvalue weighted by atomic mass is 9.86. The van der Waals surface area contributed by atoms with Crippen molar-refractivity contribution >= 4 is 17.6 Å². The summed E-state index contributed by atoms with van der Waals surface area (Å²) in [5.41, 5.74) is 0.606. The van der Waals surface area contributed by atoms with Gasteiger partial charge in [-0.1, -0.05) is 74.1 Å². The first-order valence-corrected chi connectivity index (χ1v) is 13.6. The SMILES string of the molecule is CCCC(C)(C)C.CCCC(C)(C)C(=O)N1CCN(c2ccc(C(=O)NCCC3CC3)nn2)CC1. The van der Waals surface area contributed by atoms with Gasteiger partial charge in [-0.3, -0.25) is 9.59 Å². The van der Waals surface area contributed by atoms with Gasteiger partial charge in [0.25, 0.3) is 5.91 Å². The second-order valence-corrected chi connectivity index (χ2v) is 12.0. The molecule has 0 bridgehead atoms. The molecule has 0 radical (unpaired) electrons. The molecule has 7 nitrogen and oxygen atoms in total. The van der Waals surface area contributed by atoms with Gasteiger partial charge in [0, 0.05) is 38.1 Å². The van der Waals surface area contributed by atoms with E-state index in [2.05, 4.69) is 55.0 Å². The Balaban J connectivity index is 0.000000540. The van der Waals surface area contributed by atoms with E-state index in [1.807, 2.05) is 24.8 Å². The molecule has 2 fully saturated rings. The Morgan fingerprint density at radius 2 is 1.57 bits per heavy atom. The van der Waals surface area contributed by atoms with E-state index >= 15 is 0 Å². The molecule has 35 heavy (non-hydrogen) atoms. The van der Waals surface area contributed by atoms with Crippen LogP contribution in [0.5, 0.6) is 0 Å². The third-order valence-corrected chi connectivity index (χ3v) is 6.76. The summed E-state index contributed by atoms with van der Waals surface area (Å²) in [5, 5.41) is 11.3. The summed E-state index contributed by atoms with van der Waals surface area (Å²) in [5.74, 6) is 1.63. The molecule has 1 aliphatic carbocycles. The van der Waals surface area contributed by atoms with Crippen LogP contribution in [0.3, 0.4) is 0 Å². The number of amides is 2. The highest BCUT2D eigenvalue weighted by Crippen LogP contribution is 2.31. The van der Waals surface area contributed by atoms with Crippen LogP contribution >= 0.6 is 0 Å². The minimum absolute atomic E-state index is 0.159. The van der Waals surface area contributed by atoms with E-state index in [9.17, 15) is 9.59 Å². The van der Waals surface area contributed by atoms with E-state index < -0.39 is 0 Å². The molecule has 0 aromatic carbocycles. The Labute approximate surface area is 213 Å². The van der Waals surface area contributed by atoms with Crippen molar-refractivity contribution in [1.29, 1.82) is 0 Å². The fourth-order valence-corrected chi connectivity index (χ4v) is 4.55. The molecule has 0 atom stereocenters. The molecule has 2 aliphatic rings. The maximum absolute atomic E-state index is 12.7. The highest BCUT2D eigenvalue weighted by molar-refractivity contribution is 5.92. The van der Waals surface area contributed by atoms with Crippen LogP contribution in [0.15, 0.2) is 12.1 Å². The zero-order valence-electron chi connectivity index (χ0n) is 23.3. The Bertz CT molecular complexity index is 789. The van der Waals surface area contributed by atoms with Crippen LogP contribution in [-0.2, 0) is 4.79 Å². The number of aromatic nitrogens is 2. The van der Waals surface area contributed by atoms with Crippen LogP contribution in [0.25, 0.3) is 0 Å². The predicted molar refractivity (Wildman–Crippen MR) is 144 cm³/mol. The normalized spacial score (nSPS) is 16.4. The van der Waals surface area contributed by atoms with Gasteiger partial charge in [0.2, 0.25) is 5.91 Å². The minimum atomic E-state index is -0.300. The van der Waals surface area contributed by atoms with Gasteiger partial charge >= 0.3 is 0 Å². The highest BCUT2D eigenvalue weighted by Gasteiger charge is 2.33. The van der Waals surface area contributed by atoms with Crippen LogP contribution in [0.4, 0.5) is 5.82 Å². The summed E-state index contributed by atoms with van der Waals surface area (Å²) in [4.78, 5) is 29.0. The zero-order valence-corrected chi connectivity index (χ0v) is 23.3. The summed E-state index contributed by atoms with van der Waals surface area (Å²) in [6.07, 6.45) is 8.20. The predicted octanol–water partition coefficient (Wildman–Crippen LogP) is 5.31. The van der Waals surface area contributed by atoms with Gasteiger partial charge in [-0.05, 0) is 42.7 Å². The minimum Gasteiger partial charge on any atom is -0.352 e. The van der Waals surface area contributed by atoms with Crippen LogP contribution in [-0.4, -0.2) is 59.6 Å². The first-order chi connectivity index (χ1) is 16.5. The van der Waals surface area contributed by atoms with Crippen molar-refractivity contribution in [3.8, 4) is 0 Å². The van der Waals surface area contributed by atoms with Gasteiger partial charge < -0.3 is 15.1 Å². The average molecular weight is 488 g/mol. The maximum atomic E-state index is 12.7. The van der Waals surface area contributed by atoms with E-state index in [4.69, 9.17) is 0 Å². The lowest BCUT2D eigenvalue weighted by Crippen LogP contribution is -2.52. The third-order valence-electron chi connectivity index (χ3n) is 6.76. The number of piperazine rings is 1. The summed E-state index contributed by atoms with van der Waals surface area (Å²) in [6, 6.07) is 3.58. The summed E-state index contributed by atoms with van der Waals surface area (Å²) >= 11 is 0. The number of nitrogens with zero attached hydrogens (tertiary/aromatic N) is 4. The van der Waals surface area contributed by atoms with E-state index in [0.717, 1.165) is 44.1 Å². The van der Waals surface area contributed by atoms with Crippen LogP contribution < -0.4 is 10.2 Å². The third kappa shape index (κ3) is 10.1. The van der Waals surface area contributed by atoms with Crippen LogP contribution in [0.2, 0.25) is 0 Å². The topological polar surface area (TPSA) is 78.4 Å². The molecular weight excluding hydrogens is 438 g/mol. The molecule has 2 amide bonds. The molecule has 3 rings (SSSR count). The molecule has 1 aromatic rings. The number of carbonyl (C=O) groups is 2. The Morgan fingerprint density at radius 1 is 0.943 bits per heavy atom. The second-order valence-electron chi connectivity index (χ2n) is 12.0. The van der Waals surface area contributed by atoms with Crippen molar-refractivity contribution in [3.05, 3.63) is 17.8 Å². The van der Waals surface area contributed by atoms with Crippen molar-refractivity contribution in [2.24, 2.45) is 16.7 Å². The van der Waals surface area contributed by atoms with Crippen LogP contribution in [0, 0.1) is 16.7 Å². The van der Waals surface area contributed by atoms with Crippen molar-refractivity contribution < 1.29 is 9.59 Å². The molecule has 1 aromatic heterocycles. The molecule has 1 saturated heterocycles. The number of carbonyl (C=O) groups excluding carboxylic acids is 2. The molecule has 1 aliphatic heterocycles. The summed E-state index contributed by atoms with van der Waals surface area (Å²) in [7, 11) is 0. The lowest BCUT2D eigenvalue weighted by Gasteiger charge is -2.38. The average Bonchev–Trinajstić information content (AvgIpc) is 3.63. The fraction of sp³-hybridized carbons (Fsp3) is 0.786. The van der Waals surface area contributed by atoms with Gasteiger partial charge in [0.1, 0.15) is 0 Å². The Kier molecular flexibility index (Phi) is 11.0. The number of hydrogen-bond donors (Lipinski definition) is 1. The summed E-state index contributed by atoms with van der Waals surface area (Å²) in [6.45, 7) is 18.8. The molecule has 7 heteroatoms. The first-order valence-electron chi connectivity index (χ1n) is 13.6. The highest BCUT2D eigenvalue weighted by atomic mass is 16.2. The molecule has 198 valence electrons. The molecule has 1 N–H and O–H groups in total. The second kappa shape index (κ2) is 13.2. The Morgan fingerprint density at radius 3 is 2.03 bits per heavy atom. The largest absolute Gasteiger partial charge is 0.352 e. The number of rotatable bonds is 9. The number of anilines is 1. The quantitative estimate of drug-likeness (QED) is 0.510. The fourth-order valence-electron chi connectivity index (χ4n) is 4.55. The molecular formula is C28H49N5O2. The van der Waals surface area contributed by atoms with Gasteiger partial charge in [0.15, 0.2) is 11.5 Å². The monoisotopic (exact) mass is 487 g/mol. The van der Waals surface area contributed by atoms with E-state index in [1.165, 1.54) is 25.7 Å². The van der Waals surface area contributed by atoms with Crippen molar-refractivity contribution in [2.45, 2.75) is 93.4 Å². The van der Waals surface area contributed by atoms with E-state index in [0.29, 0.717) is 30.7 Å². The van der Waals surface area contributed by atoms with E-state index in [1.54, 1.807) is 6.07 Å². The number of nitrogens with one attached hydrogen (secondary N) is 1. The first kappa shape index (κ1) is 29.1. The van der Waals surface area contributed by atoms with Gasteiger partial charge in [-0.2, -0.15) is 0 Å². The van der Waals surface area contributed by atoms with Crippen LogP contribution in [0.1, 0.15) is 104 Å². The standard InChI is InChI=1S/C21H33N5O2.C7H16/c1-4-10-21(2,3)20(28)26-14-12-25(13-15-26)18-8-7-17(23-24-18)19(27)22-11-9-16-5-6-16;1-5-6-7(2,3)4/h7-8,16H,4-6,9-15H2,1-3H3,(H,22,27);5-6H2,1-4H3. The Hall–Kier alpha value is -2.18. The number of hydrogen-bond acceptors (Lipinski definition) is 5.